The Kier molecular flexibility index (Phi) is 2.75. The lowest BCUT2D eigenvalue weighted by Crippen LogP contribution is -2.19. The van der Waals surface area contributed by atoms with E-state index in [1.807, 2.05) is 0 Å². The monoisotopic (exact) mass is 234 g/mol. The van der Waals surface area contributed by atoms with Gasteiger partial charge in [-0.2, -0.15) is 0 Å². The molecular formula is C10H10F4N2. The molecule has 16 heavy (non-hydrogen) atoms. The quantitative estimate of drug-likeness (QED) is 0.444. The zero-order valence-electron chi connectivity index (χ0n) is 8.29. The molecule has 1 aromatic carbocycles. The summed E-state index contributed by atoms with van der Waals surface area (Å²) in [7, 11) is 0. The summed E-state index contributed by atoms with van der Waals surface area (Å²) in [4.78, 5) is 0. The van der Waals surface area contributed by atoms with E-state index in [2.05, 4.69) is 5.32 Å². The van der Waals surface area contributed by atoms with Crippen molar-refractivity contribution in [2.75, 3.05) is 12.3 Å². The average molecular weight is 234 g/mol. The number of rotatable bonds is 1. The van der Waals surface area contributed by atoms with E-state index in [1.54, 1.807) is 0 Å². The largest absolute Gasteiger partial charge is 0.394 e. The van der Waals surface area contributed by atoms with Gasteiger partial charge in [0.1, 0.15) is 5.69 Å². The Morgan fingerprint density at radius 2 is 1.56 bits per heavy atom. The van der Waals surface area contributed by atoms with Crippen molar-refractivity contribution in [1.82, 2.24) is 5.32 Å². The molecule has 6 heteroatoms. The molecule has 88 valence electrons. The van der Waals surface area contributed by atoms with Crippen molar-refractivity contribution < 1.29 is 17.6 Å². The van der Waals surface area contributed by atoms with E-state index in [1.165, 1.54) is 0 Å². The lowest BCUT2D eigenvalue weighted by molar-refractivity contribution is 0.424. The number of anilines is 1. The van der Waals surface area contributed by atoms with Crippen molar-refractivity contribution in [3.05, 3.63) is 28.8 Å². The summed E-state index contributed by atoms with van der Waals surface area (Å²) in [6.07, 6.45) is 1.15. The first-order chi connectivity index (χ1) is 7.54. The molecule has 1 aliphatic rings. The predicted octanol–water partition coefficient (Wildman–Crippen LogP) is 2.25. The first-order valence-corrected chi connectivity index (χ1v) is 4.88. The summed E-state index contributed by atoms with van der Waals surface area (Å²) >= 11 is 0. The van der Waals surface area contributed by atoms with Crippen LogP contribution in [0.15, 0.2) is 0 Å². The van der Waals surface area contributed by atoms with Crippen LogP contribution in [0.5, 0.6) is 0 Å². The minimum atomic E-state index is -1.53. The second kappa shape index (κ2) is 3.93. The van der Waals surface area contributed by atoms with E-state index in [9.17, 15) is 17.6 Å². The summed E-state index contributed by atoms with van der Waals surface area (Å²) in [5, 5.41) is 2.77. The third kappa shape index (κ3) is 1.53. The van der Waals surface area contributed by atoms with E-state index in [4.69, 9.17) is 5.73 Å². The van der Waals surface area contributed by atoms with Crippen molar-refractivity contribution in [2.24, 2.45) is 0 Å². The number of nitrogen functional groups attached to an aromatic ring is 1. The molecule has 1 saturated heterocycles. The van der Waals surface area contributed by atoms with Gasteiger partial charge < -0.3 is 11.1 Å². The molecule has 0 amide bonds. The van der Waals surface area contributed by atoms with Crippen molar-refractivity contribution in [3.8, 4) is 0 Å². The molecular weight excluding hydrogens is 224 g/mol. The van der Waals surface area contributed by atoms with Gasteiger partial charge in [-0.05, 0) is 19.4 Å². The molecule has 0 aromatic heterocycles. The predicted molar refractivity (Wildman–Crippen MR) is 50.7 cm³/mol. The van der Waals surface area contributed by atoms with Crippen LogP contribution in [0.3, 0.4) is 0 Å². The number of hydrogen-bond donors (Lipinski definition) is 2. The Morgan fingerprint density at radius 3 is 2.00 bits per heavy atom. The Balaban J connectivity index is 2.59. The molecule has 1 heterocycles. The van der Waals surface area contributed by atoms with E-state index >= 15 is 0 Å². The van der Waals surface area contributed by atoms with Crippen LogP contribution in [0, 0.1) is 23.3 Å². The van der Waals surface area contributed by atoms with Gasteiger partial charge in [0.15, 0.2) is 23.3 Å². The number of halogens is 4. The fraction of sp³-hybridized carbons (Fsp3) is 0.400. The highest BCUT2D eigenvalue weighted by atomic mass is 19.2. The van der Waals surface area contributed by atoms with Crippen LogP contribution in [-0.2, 0) is 0 Å². The van der Waals surface area contributed by atoms with Crippen molar-refractivity contribution in [1.29, 1.82) is 0 Å². The molecule has 0 bridgehead atoms. The normalized spacial score (nSPS) is 20.4. The maximum Gasteiger partial charge on any atom is 0.185 e. The summed E-state index contributed by atoms with van der Waals surface area (Å²) in [5.74, 6) is -5.86. The Hall–Kier alpha value is -1.30. The number of hydrogen-bond acceptors (Lipinski definition) is 2. The van der Waals surface area contributed by atoms with Crippen LogP contribution in [0.4, 0.5) is 23.2 Å². The molecule has 0 saturated carbocycles. The first kappa shape index (κ1) is 11.2. The van der Waals surface area contributed by atoms with Gasteiger partial charge in [0.05, 0.1) is 0 Å². The molecule has 1 aliphatic heterocycles. The molecule has 3 N–H and O–H groups in total. The first-order valence-electron chi connectivity index (χ1n) is 4.88. The molecule has 1 aromatic rings. The molecule has 2 rings (SSSR count). The van der Waals surface area contributed by atoms with E-state index in [0.717, 1.165) is 0 Å². The highest BCUT2D eigenvalue weighted by molar-refractivity contribution is 5.46. The Bertz CT molecular complexity index is 398. The minimum absolute atomic E-state index is 0.441. The minimum Gasteiger partial charge on any atom is -0.394 e. The van der Waals surface area contributed by atoms with Crippen LogP contribution in [0.1, 0.15) is 24.4 Å². The van der Waals surface area contributed by atoms with Crippen LogP contribution >= 0.6 is 0 Å². The fourth-order valence-corrected chi connectivity index (χ4v) is 1.90. The zero-order chi connectivity index (χ0) is 11.9. The van der Waals surface area contributed by atoms with E-state index in [0.29, 0.717) is 19.4 Å². The van der Waals surface area contributed by atoms with Gasteiger partial charge >= 0.3 is 0 Å². The lowest BCUT2D eigenvalue weighted by Gasteiger charge is -2.15. The van der Waals surface area contributed by atoms with Crippen LogP contribution in [0.2, 0.25) is 0 Å². The summed E-state index contributed by atoms with van der Waals surface area (Å²) in [6.45, 7) is 0.567. The summed E-state index contributed by atoms with van der Waals surface area (Å²) in [6, 6.07) is -0.690. The maximum absolute atomic E-state index is 13.5. The third-order valence-electron chi connectivity index (χ3n) is 2.74. The standard InChI is InChI=1S/C10H10F4N2/c11-6-5(4-2-1-3-16-4)7(12)9(14)10(15)8(6)13/h4,16H,1-3,15H2/t4-/m1/s1. The van der Waals surface area contributed by atoms with Crippen molar-refractivity contribution in [2.45, 2.75) is 18.9 Å². The van der Waals surface area contributed by atoms with E-state index < -0.39 is 40.6 Å². The second-order valence-electron chi connectivity index (χ2n) is 3.73. The lowest BCUT2D eigenvalue weighted by atomic mass is 10.0. The SMILES string of the molecule is Nc1c(F)c(F)c([C@H]2CCCN2)c(F)c1F. The summed E-state index contributed by atoms with van der Waals surface area (Å²) < 4.78 is 53.2. The molecule has 1 atom stereocenters. The topological polar surface area (TPSA) is 38.0 Å². The highest BCUT2D eigenvalue weighted by Crippen LogP contribution is 2.33. The number of nitrogens with two attached hydrogens (primary N) is 1. The molecule has 0 unspecified atom stereocenters. The van der Waals surface area contributed by atoms with Gasteiger partial charge in [-0.15, -0.1) is 0 Å². The summed E-state index contributed by atoms with van der Waals surface area (Å²) in [5.41, 5.74) is 3.19. The Morgan fingerprint density at radius 1 is 1.00 bits per heavy atom. The number of benzene rings is 1. The molecule has 2 nitrogen and oxygen atoms in total. The second-order valence-corrected chi connectivity index (χ2v) is 3.73. The highest BCUT2D eigenvalue weighted by Gasteiger charge is 2.30. The third-order valence-corrected chi connectivity index (χ3v) is 2.74. The van der Waals surface area contributed by atoms with Gasteiger partial charge in [-0.1, -0.05) is 0 Å². The van der Waals surface area contributed by atoms with Gasteiger partial charge in [0.25, 0.3) is 0 Å². The van der Waals surface area contributed by atoms with Crippen molar-refractivity contribution in [3.63, 3.8) is 0 Å². The molecule has 0 spiro atoms. The van der Waals surface area contributed by atoms with Gasteiger partial charge in [0.2, 0.25) is 0 Å². The smallest absolute Gasteiger partial charge is 0.185 e. The van der Waals surface area contributed by atoms with Crippen molar-refractivity contribution >= 4 is 5.69 Å². The van der Waals surface area contributed by atoms with Crippen LogP contribution in [-0.4, -0.2) is 6.54 Å². The number of nitrogens with one attached hydrogen (secondary N) is 1. The molecule has 1 fully saturated rings. The van der Waals surface area contributed by atoms with Gasteiger partial charge in [0, 0.05) is 11.6 Å². The Labute approximate surface area is 89.4 Å². The molecule has 0 radical (unpaired) electrons. The van der Waals surface area contributed by atoms with E-state index in [-0.39, 0.29) is 0 Å². The van der Waals surface area contributed by atoms with Gasteiger partial charge in [-0.3, -0.25) is 0 Å². The zero-order valence-corrected chi connectivity index (χ0v) is 8.29. The van der Waals surface area contributed by atoms with Gasteiger partial charge in [-0.25, -0.2) is 17.6 Å². The molecule has 0 aliphatic carbocycles. The fourth-order valence-electron chi connectivity index (χ4n) is 1.90. The average Bonchev–Trinajstić information content (AvgIpc) is 2.77. The van der Waals surface area contributed by atoms with Crippen LogP contribution in [0.25, 0.3) is 0 Å². The van der Waals surface area contributed by atoms with Crippen LogP contribution < -0.4 is 11.1 Å². The maximum atomic E-state index is 13.5.